The van der Waals surface area contributed by atoms with Gasteiger partial charge in [0.05, 0.1) is 5.41 Å². The molecule has 0 unspecified atom stereocenters. The van der Waals surface area contributed by atoms with Gasteiger partial charge in [-0.05, 0) is 25.0 Å². The summed E-state index contributed by atoms with van der Waals surface area (Å²) in [6, 6.07) is 5.60. The van der Waals surface area contributed by atoms with Crippen LogP contribution >= 0.6 is 0 Å². The van der Waals surface area contributed by atoms with Crippen LogP contribution in [0.15, 0.2) is 24.4 Å². The zero-order valence-electron chi connectivity index (χ0n) is 9.06. The number of carboxylic acid groups (broad SMARTS) is 1. The normalized spacial score (nSPS) is 19.2. The molecule has 1 saturated heterocycles. The van der Waals surface area contributed by atoms with Crippen LogP contribution in [0.5, 0.6) is 0 Å². The Balaban J connectivity index is 2.17. The van der Waals surface area contributed by atoms with Gasteiger partial charge in [0, 0.05) is 31.5 Å². The maximum Gasteiger partial charge on any atom is 0.310 e. The minimum Gasteiger partial charge on any atom is -0.481 e. The Kier molecular flexibility index (Phi) is 3.19. The Hall–Kier alpha value is -1.42. The number of pyridine rings is 1. The lowest BCUT2D eigenvalue weighted by molar-refractivity contribution is -0.154. The van der Waals surface area contributed by atoms with Gasteiger partial charge < -0.3 is 9.84 Å². The standard InChI is InChI=1S/C12H15NO3/c14-11(15)12(4-7-16-8-5-12)9-10-3-1-2-6-13-10/h1-3,6H,4-5,7-9H2,(H,14,15). The first-order valence-electron chi connectivity index (χ1n) is 5.44. The number of carbonyl (C=O) groups is 1. The molecular formula is C12H15NO3. The lowest BCUT2D eigenvalue weighted by atomic mass is 9.76. The van der Waals surface area contributed by atoms with Gasteiger partial charge >= 0.3 is 5.97 Å². The number of hydrogen-bond acceptors (Lipinski definition) is 3. The third kappa shape index (κ3) is 2.22. The zero-order valence-corrected chi connectivity index (χ0v) is 9.06. The first kappa shape index (κ1) is 11.1. The molecule has 0 saturated carbocycles. The van der Waals surface area contributed by atoms with Crippen molar-refractivity contribution in [3.8, 4) is 0 Å². The van der Waals surface area contributed by atoms with Crippen LogP contribution in [-0.4, -0.2) is 29.3 Å². The number of aliphatic carboxylic acids is 1. The van der Waals surface area contributed by atoms with E-state index in [4.69, 9.17) is 4.74 Å². The van der Waals surface area contributed by atoms with Gasteiger partial charge in [0.1, 0.15) is 0 Å². The van der Waals surface area contributed by atoms with Gasteiger partial charge in [-0.25, -0.2) is 0 Å². The van der Waals surface area contributed by atoms with E-state index >= 15 is 0 Å². The van der Waals surface area contributed by atoms with Crippen LogP contribution in [0.1, 0.15) is 18.5 Å². The first-order chi connectivity index (χ1) is 7.73. The fourth-order valence-electron chi connectivity index (χ4n) is 2.08. The van der Waals surface area contributed by atoms with Crippen LogP contribution in [0.2, 0.25) is 0 Å². The Morgan fingerprint density at radius 3 is 2.75 bits per heavy atom. The number of aromatic nitrogens is 1. The molecule has 16 heavy (non-hydrogen) atoms. The summed E-state index contributed by atoms with van der Waals surface area (Å²) >= 11 is 0. The predicted molar refractivity (Wildman–Crippen MR) is 58.1 cm³/mol. The molecule has 0 radical (unpaired) electrons. The summed E-state index contributed by atoms with van der Waals surface area (Å²) in [5.41, 5.74) is 0.152. The van der Waals surface area contributed by atoms with E-state index in [1.54, 1.807) is 6.20 Å². The molecule has 0 aromatic carbocycles. The van der Waals surface area contributed by atoms with Crippen molar-refractivity contribution in [1.82, 2.24) is 4.98 Å². The molecule has 2 rings (SSSR count). The largest absolute Gasteiger partial charge is 0.481 e. The van der Waals surface area contributed by atoms with Crippen LogP contribution in [-0.2, 0) is 16.0 Å². The van der Waals surface area contributed by atoms with Crippen LogP contribution in [0.4, 0.5) is 0 Å². The van der Waals surface area contributed by atoms with E-state index < -0.39 is 11.4 Å². The Bertz CT molecular complexity index is 358. The zero-order chi connectivity index (χ0) is 11.4. The average Bonchev–Trinajstić information content (AvgIpc) is 2.31. The minimum atomic E-state index is -0.735. The van der Waals surface area contributed by atoms with Gasteiger partial charge in [-0.1, -0.05) is 6.07 Å². The van der Waals surface area contributed by atoms with Crippen molar-refractivity contribution < 1.29 is 14.6 Å². The summed E-state index contributed by atoms with van der Waals surface area (Å²) in [4.78, 5) is 15.6. The van der Waals surface area contributed by atoms with E-state index in [0.717, 1.165) is 5.69 Å². The van der Waals surface area contributed by atoms with E-state index in [9.17, 15) is 9.90 Å². The number of hydrogen-bond donors (Lipinski definition) is 1. The fourth-order valence-corrected chi connectivity index (χ4v) is 2.08. The van der Waals surface area contributed by atoms with E-state index in [1.165, 1.54) is 0 Å². The molecule has 4 heteroatoms. The second kappa shape index (κ2) is 4.61. The summed E-state index contributed by atoms with van der Waals surface area (Å²) in [5, 5.41) is 9.37. The maximum absolute atomic E-state index is 11.4. The average molecular weight is 221 g/mol. The summed E-state index contributed by atoms with van der Waals surface area (Å²) in [6.07, 6.45) is 3.33. The smallest absolute Gasteiger partial charge is 0.310 e. The molecule has 1 aliphatic heterocycles. The van der Waals surface area contributed by atoms with Gasteiger partial charge in [0.25, 0.3) is 0 Å². The SMILES string of the molecule is O=C(O)C1(Cc2ccccn2)CCOCC1. The first-order valence-corrected chi connectivity index (χ1v) is 5.44. The summed E-state index contributed by atoms with van der Waals surface area (Å²) in [7, 11) is 0. The third-order valence-electron chi connectivity index (χ3n) is 3.15. The van der Waals surface area contributed by atoms with Crippen molar-refractivity contribution in [2.24, 2.45) is 5.41 Å². The van der Waals surface area contributed by atoms with E-state index in [1.807, 2.05) is 18.2 Å². The molecular weight excluding hydrogens is 206 g/mol. The van der Waals surface area contributed by atoms with Gasteiger partial charge in [-0.2, -0.15) is 0 Å². The molecule has 0 atom stereocenters. The molecule has 1 aromatic rings. The van der Waals surface area contributed by atoms with E-state index in [2.05, 4.69) is 4.98 Å². The van der Waals surface area contributed by atoms with Gasteiger partial charge in [0.2, 0.25) is 0 Å². The molecule has 1 fully saturated rings. The number of nitrogens with zero attached hydrogens (tertiary/aromatic N) is 1. The van der Waals surface area contributed by atoms with Crippen LogP contribution in [0.25, 0.3) is 0 Å². The molecule has 1 aliphatic rings. The predicted octanol–water partition coefficient (Wildman–Crippen LogP) is 1.51. The van der Waals surface area contributed by atoms with Crippen LogP contribution < -0.4 is 0 Å². The van der Waals surface area contributed by atoms with Crippen LogP contribution in [0, 0.1) is 5.41 Å². The quantitative estimate of drug-likeness (QED) is 0.840. The molecule has 0 bridgehead atoms. The third-order valence-corrected chi connectivity index (χ3v) is 3.15. The van der Waals surface area contributed by atoms with Gasteiger partial charge in [-0.15, -0.1) is 0 Å². The molecule has 2 heterocycles. The van der Waals surface area contributed by atoms with E-state index in [0.29, 0.717) is 32.5 Å². The Morgan fingerprint density at radius 1 is 1.44 bits per heavy atom. The number of carboxylic acids is 1. The van der Waals surface area contributed by atoms with Crippen molar-refractivity contribution >= 4 is 5.97 Å². The number of ether oxygens (including phenoxy) is 1. The highest BCUT2D eigenvalue weighted by atomic mass is 16.5. The van der Waals surface area contributed by atoms with Gasteiger partial charge in [-0.3, -0.25) is 9.78 Å². The second-order valence-corrected chi connectivity index (χ2v) is 4.20. The van der Waals surface area contributed by atoms with Crippen molar-refractivity contribution in [2.75, 3.05) is 13.2 Å². The highest BCUT2D eigenvalue weighted by molar-refractivity contribution is 5.75. The molecule has 0 amide bonds. The molecule has 1 N–H and O–H groups in total. The second-order valence-electron chi connectivity index (χ2n) is 4.20. The lowest BCUT2D eigenvalue weighted by Gasteiger charge is -2.32. The van der Waals surface area contributed by atoms with Crippen molar-refractivity contribution in [3.63, 3.8) is 0 Å². The lowest BCUT2D eigenvalue weighted by Crippen LogP contribution is -2.39. The minimum absolute atomic E-state index is 0.493. The summed E-state index contributed by atoms with van der Waals surface area (Å²) in [5.74, 6) is -0.735. The maximum atomic E-state index is 11.4. The molecule has 1 aromatic heterocycles. The van der Waals surface area contributed by atoms with Gasteiger partial charge in [0.15, 0.2) is 0 Å². The molecule has 86 valence electrons. The Morgan fingerprint density at radius 2 is 2.19 bits per heavy atom. The fraction of sp³-hybridized carbons (Fsp3) is 0.500. The van der Waals surface area contributed by atoms with Crippen molar-refractivity contribution in [2.45, 2.75) is 19.3 Å². The highest BCUT2D eigenvalue weighted by Crippen LogP contribution is 2.34. The topological polar surface area (TPSA) is 59.4 Å². The van der Waals surface area contributed by atoms with Crippen molar-refractivity contribution in [3.05, 3.63) is 30.1 Å². The molecule has 0 spiro atoms. The van der Waals surface area contributed by atoms with E-state index in [-0.39, 0.29) is 0 Å². The number of rotatable bonds is 3. The molecule has 0 aliphatic carbocycles. The monoisotopic (exact) mass is 221 g/mol. The molecule has 4 nitrogen and oxygen atoms in total. The summed E-state index contributed by atoms with van der Waals surface area (Å²) in [6.45, 7) is 1.05. The van der Waals surface area contributed by atoms with Crippen LogP contribution in [0.3, 0.4) is 0 Å². The van der Waals surface area contributed by atoms with Crippen molar-refractivity contribution in [1.29, 1.82) is 0 Å². The Labute approximate surface area is 94.3 Å². The highest BCUT2D eigenvalue weighted by Gasteiger charge is 2.40. The summed E-state index contributed by atoms with van der Waals surface area (Å²) < 4.78 is 5.23.